The first-order valence-electron chi connectivity index (χ1n) is 5.10. The van der Waals surface area contributed by atoms with E-state index >= 15 is 0 Å². The number of carbonyl (C=O) groups is 1. The van der Waals surface area contributed by atoms with E-state index in [0.717, 1.165) is 10.9 Å². The fourth-order valence-corrected chi connectivity index (χ4v) is 1.78. The lowest BCUT2D eigenvalue weighted by Crippen LogP contribution is -2.13. The predicted molar refractivity (Wildman–Crippen MR) is 65.8 cm³/mol. The molecule has 0 spiro atoms. The molecule has 0 saturated carbocycles. The van der Waals surface area contributed by atoms with Gasteiger partial charge >= 0.3 is 0 Å². The van der Waals surface area contributed by atoms with Crippen LogP contribution in [0.15, 0.2) is 36.4 Å². The lowest BCUT2D eigenvalue weighted by Gasteiger charge is -2.06. The summed E-state index contributed by atoms with van der Waals surface area (Å²) in [4.78, 5) is 15.8. The number of Topliss-reactive ketones (excluding diaryl/α,β-unsaturated/α-hetero) is 1. The summed E-state index contributed by atoms with van der Waals surface area (Å²) < 4.78 is 0. The summed E-state index contributed by atoms with van der Waals surface area (Å²) in [6.07, 6.45) is 0. The zero-order valence-electron chi connectivity index (χ0n) is 8.93. The van der Waals surface area contributed by atoms with Crippen molar-refractivity contribution in [3.05, 3.63) is 42.1 Å². The normalized spacial score (nSPS) is 12.0. The van der Waals surface area contributed by atoms with Gasteiger partial charge in [-0.25, -0.2) is 0 Å². The third-order valence-corrected chi connectivity index (χ3v) is 2.76. The van der Waals surface area contributed by atoms with Crippen LogP contribution >= 0.6 is 11.6 Å². The van der Waals surface area contributed by atoms with Gasteiger partial charge < -0.3 is 0 Å². The van der Waals surface area contributed by atoms with Crippen molar-refractivity contribution in [2.75, 3.05) is 5.88 Å². The standard InChI is InChI=1S/C13H9ClN2O/c14-7-13(17)10(8-15)12-6-5-9-3-1-2-4-11(9)16-12/h1-6,10H,7H2. The van der Waals surface area contributed by atoms with Crippen molar-refractivity contribution < 1.29 is 4.79 Å². The molecule has 1 heterocycles. The highest BCUT2D eigenvalue weighted by molar-refractivity contribution is 6.28. The van der Waals surface area contributed by atoms with Crippen LogP contribution in [0.25, 0.3) is 10.9 Å². The molecule has 2 aromatic rings. The number of rotatable bonds is 3. The van der Waals surface area contributed by atoms with E-state index in [-0.39, 0.29) is 11.7 Å². The Kier molecular flexibility index (Phi) is 3.36. The number of para-hydroxylation sites is 1. The molecule has 0 bridgehead atoms. The molecule has 1 atom stereocenters. The van der Waals surface area contributed by atoms with E-state index in [2.05, 4.69) is 4.98 Å². The number of carbonyl (C=O) groups excluding carboxylic acids is 1. The topological polar surface area (TPSA) is 53.8 Å². The molecule has 84 valence electrons. The monoisotopic (exact) mass is 244 g/mol. The van der Waals surface area contributed by atoms with Gasteiger partial charge in [-0.3, -0.25) is 9.78 Å². The average Bonchev–Trinajstić information content (AvgIpc) is 2.39. The van der Waals surface area contributed by atoms with E-state index in [1.807, 2.05) is 36.4 Å². The van der Waals surface area contributed by atoms with Crippen LogP contribution in [-0.4, -0.2) is 16.6 Å². The molecule has 0 aliphatic rings. The zero-order valence-corrected chi connectivity index (χ0v) is 9.69. The molecule has 0 amide bonds. The van der Waals surface area contributed by atoms with Gasteiger partial charge in [-0.05, 0) is 12.1 Å². The van der Waals surface area contributed by atoms with Crippen LogP contribution in [0.3, 0.4) is 0 Å². The third kappa shape index (κ3) is 2.27. The van der Waals surface area contributed by atoms with Gasteiger partial charge in [0.15, 0.2) is 5.78 Å². The predicted octanol–water partition coefficient (Wildman–Crippen LogP) is 2.65. The zero-order chi connectivity index (χ0) is 12.3. The summed E-state index contributed by atoms with van der Waals surface area (Å²) in [5.41, 5.74) is 1.23. The van der Waals surface area contributed by atoms with Crippen molar-refractivity contribution >= 4 is 28.3 Å². The van der Waals surface area contributed by atoms with E-state index in [1.165, 1.54) is 0 Å². The quantitative estimate of drug-likeness (QED) is 0.780. The number of hydrogen-bond donors (Lipinski definition) is 0. The van der Waals surface area contributed by atoms with E-state index in [0.29, 0.717) is 5.69 Å². The summed E-state index contributed by atoms with van der Waals surface area (Å²) in [7, 11) is 0. The first-order valence-corrected chi connectivity index (χ1v) is 5.63. The Morgan fingerprint density at radius 1 is 1.35 bits per heavy atom. The number of benzene rings is 1. The molecule has 1 aromatic carbocycles. The van der Waals surface area contributed by atoms with Crippen LogP contribution in [0.1, 0.15) is 11.6 Å². The van der Waals surface area contributed by atoms with Crippen LogP contribution in [0.5, 0.6) is 0 Å². The second kappa shape index (κ2) is 4.94. The van der Waals surface area contributed by atoms with Crippen LogP contribution in [0.2, 0.25) is 0 Å². The smallest absolute Gasteiger partial charge is 0.170 e. The number of aromatic nitrogens is 1. The SMILES string of the molecule is N#CC(C(=O)CCl)c1ccc2ccccc2n1. The van der Waals surface area contributed by atoms with Crippen LogP contribution in [0.4, 0.5) is 0 Å². The maximum Gasteiger partial charge on any atom is 0.170 e. The number of pyridine rings is 1. The fourth-order valence-electron chi connectivity index (χ4n) is 1.62. The van der Waals surface area contributed by atoms with Gasteiger partial charge in [0.2, 0.25) is 0 Å². The Balaban J connectivity index is 2.49. The van der Waals surface area contributed by atoms with Gasteiger partial charge in [-0.2, -0.15) is 5.26 Å². The molecule has 0 radical (unpaired) electrons. The number of hydrogen-bond acceptors (Lipinski definition) is 3. The molecule has 0 aliphatic heterocycles. The van der Waals surface area contributed by atoms with Crippen molar-refractivity contribution in [2.24, 2.45) is 0 Å². The Labute approximate surface area is 104 Å². The van der Waals surface area contributed by atoms with Gasteiger partial charge in [0.25, 0.3) is 0 Å². The molecule has 17 heavy (non-hydrogen) atoms. The van der Waals surface area contributed by atoms with Crippen molar-refractivity contribution in [2.45, 2.75) is 5.92 Å². The molecule has 3 nitrogen and oxygen atoms in total. The van der Waals surface area contributed by atoms with E-state index in [4.69, 9.17) is 16.9 Å². The van der Waals surface area contributed by atoms with Gasteiger partial charge in [-0.15, -0.1) is 11.6 Å². The number of halogens is 1. The average molecular weight is 245 g/mol. The largest absolute Gasteiger partial charge is 0.296 e. The van der Waals surface area contributed by atoms with E-state index in [1.54, 1.807) is 6.07 Å². The highest BCUT2D eigenvalue weighted by Gasteiger charge is 2.20. The van der Waals surface area contributed by atoms with E-state index in [9.17, 15) is 4.79 Å². The van der Waals surface area contributed by atoms with Gasteiger partial charge in [0.1, 0.15) is 5.92 Å². The van der Waals surface area contributed by atoms with Crippen LogP contribution < -0.4 is 0 Å². The summed E-state index contributed by atoms with van der Waals surface area (Å²) in [5, 5.41) is 9.96. The molecular weight excluding hydrogens is 236 g/mol. The second-order valence-corrected chi connectivity index (χ2v) is 3.86. The summed E-state index contributed by atoms with van der Waals surface area (Å²) >= 11 is 5.47. The number of nitrogens with zero attached hydrogens (tertiary/aromatic N) is 2. The van der Waals surface area contributed by atoms with E-state index < -0.39 is 5.92 Å². The molecule has 1 aromatic heterocycles. The van der Waals surface area contributed by atoms with Crippen molar-refractivity contribution in [3.63, 3.8) is 0 Å². The first kappa shape index (κ1) is 11.6. The number of nitriles is 1. The molecule has 0 fully saturated rings. The van der Waals surface area contributed by atoms with Crippen molar-refractivity contribution in [1.82, 2.24) is 4.98 Å². The molecule has 4 heteroatoms. The summed E-state index contributed by atoms with van der Waals surface area (Å²) in [6, 6.07) is 13.0. The minimum atomic E-state index is -0.878. The molecule has 0 saturated heterocycles. The Hall–Kier alpha value is -1.92. The van der Waals surface area contributed by atoms with Gasteiger partial charge in [-0.1, -0.05) is 24.3 Å². The Morgan fingerprint density at radius 2 is 2.12 bits per heavy atom. The minimum Gasteiger partial charge on any atom is -0.296 e. The lowest BCUT2D eigenvalue weighted by atomic mass is 10.0. The maximum absolute atomic E-state index is 11.5. The second-order valence-electron chi connectivity index (χ2n) is 3.59. The van der Waals surface area contributed by atoms with Gasteiger partial charge in [0, 0.05) is 5.39 Å². The fraction of sp³-hybridized carbons (Fsp3) is 0.154. The van der Waals surface area contributed by atoms with Gasteiger partial charge in [0.05, 0.1) is 23.2 Å². The highest BCUT2D eigenvalue weighted by Crippen LogP contribution is 2.19. The number of fused-ring (bicyclic) bond motifs is 1. The maximum atomic E-state index is 11.5. The highest BCUT2D eigenvalue weighted by atomic mass is 35.5. The minimum absolute atomic E-state index is 0.174. The molecule has 0 aliphatic carbocycles. The van der Waals surface area contributed by atoms with Crippen LogP contribution in [-0.2, 0) is 4.79 Å². The Bertz CT molecular complexity index is 604. The number of ketones is 1. The summed E-state index contributed by atoms with van der Waals surface area (Å²) in [5.74, 6) is -1.37. The van der Waals surface area contributed by atoms with Crippen LogP contribution in [0, 0.1) is 11.3 Å². The number of alkyl halides is 1. The molecule has 1 unspecified atom stereocenters. The summed E-state index contributed by atoms with van der Waals surface area (Å²) in [6.45, 7) is 0. The molecule has 0 N–H and O–H groups in total. The first-order chi connectivity index (χ1) is 8.26. The lowest BCUT2D eigenvalue weighted by molar-refractivity contribution is -0.117. The van der Waals surface area contributed by atoms with Crippen molar-refractivity contribution in [3.8, 4) is 6.07 Å². The molecule has 2 rings (SSSR count). The van der Waals surface area contributed by atoms with Crippen molar-refractivity contribution in [1.29, 1.82) is 5.26 Å². The molecular formula is C13H9ClN2O. The Morgan fingerprint density at radius 3 is 2.82 bits per heavy atom. The third-order valence-electron chi connectivity index (χ3n) is 2.50.